The number of carbonyl (C=O) groups is 2. The van der Waals surface area contributed by atoms with Crippen molar-refractivity contribution in [1.82, 2.24) is 30.3 Å². The molecule has 11 atom stereocenters. The maximum absolute atomic E-state index is 16.7. The number of nitrogens with zero attached hydrogens (tertiary/aromatic N) is 4. The molecule has 8 rings (SSSR count). The second-order valence-corrected chi connectivity index (χ2v) is 15.3. The van der Waals surface area contributed by atoms with Gasteiger partial charge in [-0.05, 0) is 75.6 Å². The fourth-order valence-corrected chi connectivity index (χ4v) is 10.5. The molecule has 2 N–H and O–H groups in total. The Balaban J connectivity index is 1.08. The quantitative estimate of drug-likeness (QED) is 0.462. The van der Waals surface area contributed by atoms with Crippen LogP contribution in [0.5, 0.6) is 0 Å². The predicted molar refractivity (Wildman–Crippen MR) is 172 cm³/mol. The van der Waals surface area contributed by atoms with Gasteiger partial charge in [-0.1, -0.05) is 31.7 Å². The molecule has 0 bridgehead atoms. The molecule has 6 fully saturated rings. The smallest absolute Gasteiger partial charge is 0.256 e. The van der Waals surface area contributed by atoms with E-state index in [1.54, 1.807) is 6.20 Å². The Morgan fingerprint density at radius 3 is 2.74 bits per heavy atom. The number of ether oxygens (including phenoxy) is 1. The van der Waals surface area contributed by atoms with Crippen LogP contribution in [-0.4, -0.2) is 114 Å². The Labute approximate surface area is 272 Å². The molecule has 0 radical (unpaired) electrons. The number of Topliss-reactive ketones (excluding diaryl/α,β-unsaturated/α-hetero) is 1. The van der Waals surface area contributed by atoms with E-state index >= 15 is 4.39 Å². The third-order valence-electron chi connectivity index (χ3n) is 12.8. The van der Waals surface area contributed by atoms with Gasteiger partial charge in [-0.15, -0.1) is 0 Å². The molecule has 3 saturated heterocycles. The number of halogens is 1. The van der Waals surface area contributed by atoms with E-state index in [4.69, 9.17) is 4.74 Å². The Morgan fingerprint density at radius 1 is 1.11 bits per heavy atom. The summed E-state index contributed by atoms with van der Waals surface area (Å²) in [5.41, 5.74) is 1.32. The number of fused-ring (bicyclic) bond motifs is 3. The lowest BCUT2D eigenvalue weighted by atomic mass is 9.64. The fraction of sp³-hybridized carbons (Fsp3) is 0.750. The van der Waals surface area contributed by atoms with Crippen LogP contribution in [0.25, 0.3) is 0 Å². The van der Waals surface area contributed by atoms with E-state index in [1.807, 2.05) is 18.5 Å². The molecule has 250 valence electrons. The minimum atomic E-state index is -1.22. The number of hydrogen-bond donors (Lipinski definition) is 2. The van der Waals surface area contributed by atoms with E-state index in [1.165, 1.54) is 32.1 Å². The first-order chi connectivity index (χ1) is 22.5. The third kappa shape index (κ3) is 5.61. The van der Waals surface area contributed by atoms with Gasteiger partial charge in [0.2, 0.25) is 0 Å². The molecule has 1 amide bonds. The number of aromatic nitrogens is 1. The number of pyridine rings is 1. The van der Waals surface area contributed by atoms with Crippen LogP contribution >= 0.6 is 0 Å². The number of hydrogen-bond acceptors (Lipinski definition) is 8. The SMILES string of the molecule is CN1CCCC1CCNC(=O)C1=CN2C3CC4CCCCC4CC3OC3C(N4CCNC(c5cccnc5)C4)C(F)CC(C1=O)C32. The van der Waals surface area contributed by atoms with Gasteiger partial charge in [-0.2, -0.15) is 0 Å². The van der Waals surface area contributed by atoms with Crippen LogP contribution in [0.3, 0.4) is 0 Å². The first kappa shape index (κ1) is 30.9. The number of likely N-dealkylation sites (tertiary alicyclic amines) is 1. The van der Waals surface area contributed by atoms with Crippen molar-refractivity contribution in [3.8, 4) is 0 Å². The summed E-state index contributed by atoms with van der Waals surface area (Å²) in [6.45, 7) is 3.79. The van der Waals surface area contributed by atoms with Gasteiger partial charge in [0.1, 0.15) is 6.17 Å². The van der Waals surface area contributed by atoms with E-state index in [2.05, 4.69) is 43.4 Å². The van der Waals surface area contributed by atoms with Gasteiger partial charge in [-0.3, -0.25) is 19.5 Å². The van der Waals surface area contributed by atoms with Gasteiger partial charge in [0, 0.05) is 62.8 Å². The van der Waals surface area contributed by atoms with Gasteiger partial charge in [-0.25, -0.2) is 4.39 Å². The van der Waals surface area contributed by atoms with Crippen LogP contribution in [0.1, 0.15) is 75.8 Å². The number of ketones is 1. The van der Waals surface area contributed by atoms with Crippen LogP contribution in [0.4, 0.5) is 4.39 Å². The van der Waals surface area contributed by atoms with Crippen molar-refractivity contribution in [2.75, 3.05) is 39.8 Å². The summed E-state index contributed by atoms with van der Waals surface area (Å²) in [5, 5.41) is 6.69. The largest absolute Gasteiger partial charge is 0.369 e. The van der Waals surface area contributed by atoms with Gasteiger partial charge in [0.15, 0.2) is 5.78 Å². The van der Waals surface area contributed by atoms with Gasteiger partial charge in [0.05, 0.1) is 35.9 Å². The van der Waals surface area contributed by atoms with E-state index in [0.29, 0.717) is 31.0 Å². The number of nitrogens with one attached hydrogen (secondary N) is 2. The molecular formula is C36H51FN6O3. The van der Waals surface area contributed by atoms with Crippen LogP contribution in [0, 0.1) is 17.8 Å². The number of carbonyl (C=O) groups excluding carboxylic acids is 2. The molecule has 11 unspecified atom stereocenters. The van der Waals surface area contributed by atoms with Crippen LogP contribution < -0.4 is 10.6 Å². The first-order valence-corrected chi connectivity index (χ1v) is 18.1. The zero-order chi connectivity index (χ0) is 31.4. The van der Waals surface area contributed by atoms with Crippen LogP contribution in [0.15, 0.2) is 36.3 Å². The zero-order valence-electron chi connectivity index (χ0n) is 27.2. The highest BCUT2D eigenvalue weighted by atomic mass is 19.1. The molecule has 3 saturated carbocycles. The van der Waals surface area contributed by atoms with E-state index < -0.39 is 24.2 Å². The highest BCUT2D eigenvalue weighted by Crippen LogP contribution is 2.51. The van der Waals surface area contributed by atoms with Gasteiger partial charge >= 0.3 is 0 Å². The molecule has 7 aliphatic rings. The van der Waals surface area contributed by atoms with Crippen molar-refractivity contribution >= 4 is 11.7 Å². The summed E-state index contributed by atoms with van der Waals surface area (Å²) in [4.78, 5) is 39.1. The maximum atomic E-state index is 16.7. The summed E-state index contributed by atoms with van der Waals surface area (Å²) in [6, 6.07) is 3.99. The Kier molecular flexibility index (Phi) is 8.67. The monoisotopic (exact) mass is 634 g/mol. The lowest BCUT2D eigenvalue weighted by Gasteiger charge is -2.62. The first-order valence-electron chi connectivity index (χ1n) is 18.1. The molecule has 0 aromatic carbocycles. The summed E-state index contributed by atoms with van der Waals surface area (Å²) in [5.74, 6) is 0.220. The summed E-state index contributed by atoms with van der Waals surface area (Å²) < 4.78 is 23.8. The topological polar surface area (TPSA) is 90.0 Å². The van der Waals surface area contributed by atoms with Crippen molar-refractivity contribution in [2.24, 2.45) is 17.8 Å². The number of piperazine rings is 1. The highest BCUT2D eigenvalue weighted by Gasteiger charge is 2.60. The highest BCUT2D eigenvalue weighted by molar-refractivity contribution is 6.20. The standard InChI is InChI=1S/C36H51FN6O3/c1-41-14-5-9-25(41)10-12-40-36(45)27-20-43-30-16-22-6-2-3-7-23(22)17-31(30)46-35-32(43)26(34(27)44)18-28(37)33(35)42-15-13-39-29(21-42)24-8-4-11-38-19-24/h4,8,11,19-20,22-23,25-26,28-33,35,39H,2-3,5-7,9-10,12-18,21H2,1H3,(H,40,45). The average molecular weight is 635 g/mol. The number of rotatable bonds is 6. The van der Waals surface area contributed by atoms with Crippen molar-refractivity contribution in [2.45, 2.75) is 113 Å². The molecule has 0 spiro atoms. The Bertz CT molecular complexity index is 1310. The van der Waals surface area contributed by atoms with Crippen LogP contribution in [-0.2, 0) is 14.3 Å². The molecule has 5 heterocycles. The minimum absolute atomic E-state index is 0.0160. The average Bonchev–Trinajstić information content (AvgIpc) is 3.49. The Hall–Kier alpha value is -2.40. The molecule has 10 heteroatoms. The maximum Gasteiger partial charge on any atom is 0.256 e. The molecular weight excluding hydrogens is 583 g/mol. The summed E-state index contributed by atoms with van der Waals surface area (Å²) >= 11 is 0. The third-order valence-corrected chi connectivity index (χ3v) is 12.8. The lowest BCUT2D eigenvalue weighted by molar-refractivity contribution is -0.222. The normalized spacial score (nSPS) is 41.3. The second-order valence-electron chi connectivity index (χ2n) is 15.3. The van der Waals surface area contributed by atoms with Crippen molar-refractivity contribution in [3.63, 3.8) is 0 Å². The molecule has 1 aromatic heterocycles. The summed E-state index contributed by atoms with van der Waals surface area (Å²) in [7, 11) is 2.14. The molecule has 9 nitrogen and oxygen atoms in total. The van der Waals surface area contributed by atoms with E-state index in [9.17, 15) is 9.59 Å². The fourth-order valence-electron chi connectivity index (χ4n) is 10.5. The molecule has 4 aliphatic heterocycles. The lowest BCUT2D eigenvalue weighted by Crippen LogP contribution is -2.74. The van der Waals surface area contributed by atoms with Crippen molar-refractivity contribution < 1.29 is 18.7 Å². The molecule has 46 heavy (non-hydrogen) atoms. The molecule has 1 aromatic rings. The van der Waals surface area contributed by atoms with Crippen molar-refractivity contribution in [3.05, 3.63) is 41.9 Å². The number of morpholine rings is 1. The van der Waals surface area contributed by atoms with E-state index in [0.717, 1.165) is 50.9 Å². The predicted octanol–water partition coefficient (Wildman–Crippen LogP) is 3.23. The number of amides is 1. The Morgan fingerprint density at radius 2 is 1.96 bits per heavy atom. The second kappa shape index (κ2) is 12.9. The van der Waals surface area contributed by atoms with Crippen LogP contribution in [0.2, 0.25) is 0 Å². The van der Waals surface area contributed by atoms with Crippen molar-refractivity contribution in [1.29, 1.82) is 0 Å². The zero-order valence-corrected chi connectivity index (χ0v) is 27.2. The van der Waals surface area contributed by atoms with Gasteiger partial charge < -0.3 is 25.2 Å². The van der Waals surface area contributed by atoms with Gasteiger partial charge in [0.25, 0.3) is 5.91 Å². The van der Waals surface area contributed by atoms with E-state index in [-0.39, 0.29) is 47.9 Å². The minimum Gasteiger partial charge on any atom is -0.369 e. The number of alkyl halides is 1. The summed E-state index contributed by atoms with van der Waals surface area (Å²) in [6.07, 6.45) is 14.3. The molecule has 3 aliphatic carbocycles.